The molecule has 0 aliphatic heterocycles. The van der Waals surface area contributed by atoms with Crippen LogP contribution in [0, 0.1) is 0 Å². The van der Waals surface area contributed by atoms with Crippen molar-refractivity contribution in [3.8, 4) is 0 Å². The predicted molar refractivity (Wildman–Crippen MR) is 55.9 cm³/mol. The highest BCUT2D eigenvalue weighted by atomic mass is 17.2. The van der Waals surface area contributed by atoms with Crippen LogP contribution in [0.1, 0.15) is 58.8 Å². The first kappa shape index (κ1) is 13.9. The van der Waals surface area contributed by atoms with E-state index in [0.29, 0.717) is 6.42 Å². The van der Waals surface area contributed by atoms with E-state index in [4.69, 9.17) is 0 Å². The van der Waals surface area contributed by atoms with Crippen molar-refractivity contribution in [2.75, 3.05) is 0 Å². The molecule has 0 aromatic rings. The lowest BCUT2D eigenvalue weighted by Gasteiger charge is -2.01. The molecule has 4 heteroatoms. The standard InChI is InChI=1S/C11H20O4/c1-3-4-5-6-7-8-9-11(13)15-14-10(2)12/h3-9H2,1-2H3. The molecule has 0 spiro atoms. The number of hydrogen-bond donors (Lipinski definition) is 0. The van der Waals surface area contributed by atoms with E-state index in [1.54, 1.807) is 0 Å². The molecule has 15 heavy (non-hydrogen) atoms. The highest BCUT2D eigenvalue weighted by Crippen LogP contribution is 2.07. The third-order valence-corrected chi connectivity index (χ3v) is 1.99. The van der Waals surface area contributed by atoms with Crippen LogP contribution in [0.15, 0.2) is 0 Å². The first-order chi connectivity index (χ1) is 7.16. The Morgan fingerprint density at radius 1 is 0.933 bits per heavy atom. The average molecular weight is 216 g/mol. The molecule has 0 aromatic carbocycles. The van der Waals surface area contributed by atoms with Crippen molar-refractivity contribution >= 4 is 11.9 Å². The van der Waals surface area contributed by atoms with Crippen LogP contribution in [0.3, 0.4) is 0 Å². The first-order valence-electron chi connectivity index (χ1n) is 5.54. The van der Waals surface area contributed by atoms with E-state index in [-0.39, 0.29) is 0 Å². The zero-order valence-corrected chi connectivity index (χ0v) is 9.58. The minimum absolute atomic E-state index is 0.319. The van der Waals surface area contributed by atoms with Crippen molar-refractivity contribution in [2.24, 2.45) is 0 Å². The van der Waals surface area contributed by atoms with Crippen LogP contribution in [0.4, 0.5) is 0 Å². The maximum Gasteiger partial charge on any atom is 0.355 e. The summed E-state index contributed by atoms with van der Waals surface area (Å²) in [7, 11) is 0. The second-order valence-electron chi connectivity index (χ2n) is 3.55. The summed E-state index contributed by atoms with van der Waals surface area (Å²) in [5, 5.41) is 0. The number of carbonyl (C=O) groups is 2. The van der Waals surface area contributed by atoms with Crippen molar-refractivity contribution in [3.63, 3.8) is 0 Å². The minimum Gasteiger partial charge on any atom is -0.248 e. The molecule has 0 atom stereocenters. The fourth-order valence-corrected chi connectivity index (χ4v) is 1.20. The summed E-state index contributed by atoms with van der Waals surface area (Å²) in [5.41, 5.74) is 0. The Kier molecular flexibility index (Phi) is 8.82. The topological polar surface area (TPSA) is 52.6 Å². The van der Waals surface area contributed by atoms with Crippen LogP contribution in [-0.2, 0) is 19.4 Å². The highest BCUT2D eigenvalue weighted by molar-refractivity contribution is 5.71. The van der Waals surface area contributed by atoms with Gasteiger partial charge < -0.3 is 0 Å². The Labute approximate surface area is 90.9 Å². The van der Waals surface area contributed by atoms with Crippen LogP contribution in [-0.4, -0.2) is 11.9 Å². The van der Waals surface area contributed by atoms with Crippen LogP contribution in [0.2, 0.25) is 0 Å². The van der Waals surface area contributed by atoms with E-state index in [1.165, 1.54) is 26.2 Å². The lowest BCUT2D eigenvalue weighted by molar-refractivity contribution is -0.257. The third kappa shape index (κ3) is 10.9. The van der Waals surface area contributed by atoms with Gasteiger partial charge in [-0.25, -0.2) is 19.4 Å². The minimum atomic E-state index is -0.605. The summed E-state index contributed by atoms with van der Waals surface area (Å²) in [6.45, 7) is 3.36. The van der Waals surface area contributed by atoms with Gasteiger partial charge in [-0.05, 0) is 6.42 Å². The number of carbonyl (C=O) groups excluding carboxylic acids is 2. The maximum absolute atomic E-state index is 10.9. The highest BCUT2D eigenvalue weighted by Gasteiger charge is 2.05. The Bertz CT molecular complexity index is 189. The van der Waals surface area contributed by atoms with Gasteiger partial charge in [0.15, 0.2) is 0 Å². The molecular weight excluding hydrogens is 196 g/mol. The molecule has 0 aliphatic carbocycles. The van der Waals surface area contributed by atoms with Crippen molar-refractivity contribution < 1.29 is 19.4 Å². The molecule has 0 bridgehead atoms. The largest absolute Gasteiger partial charge is 0.355 e. The fourth-order valence-electron chi connectivity index (χ4n) is 1.20. The van der Waals surface area contributed by atoms with Gasteiger partial charge in [-0.1, -0.05) is 39.0 Å². The monoisotopic (exact) mass is 216 g/mol. The van der Waals surface area contributed by atoms with Gasteiger partial charge in [0.1, 0.15) is 0 Å². The molecule has 0 rings (SSSR count). The average Bonchev–Trinajstić information content (AvgIpc) is 2.20. The lowest BCUT2D eigenvalue weighted by atomic mass is 10.1. The Morgan fingerprint density at radius 3 is 2.13 bits per heavy atom. The molecule has 0 amide bonds. The van der Waals surface area contributed by atoms with Crippen LogP contribution in [0.25, 0.3) is 0 Å². The summed E-state index contributed by atoms with van der Waals surface area (Å²) in [6, 6.07) is 0. The van der Waals surface area contributed by atoms with E-state index in [9.17, 15) is 9.59 Å². The van der Waals surface area contributed by atoms with Gasteiger partial charge in [-0.2, -0.15) is 0 Å². The molecule has 88 valence electrons. The molecule has 0 aliphatic rings. The van der Waals surface area contributed by atoms with Crippen LogP contribution < -0.4 is 0 Å². The molecule has 4 nitrogen and oxygen atoms in total. The molecule has 0 aromatic heterocycles. The van der Waals surface area contributed by atoms with Gasteiger partial charge in [-0.15, -0.1) is 0 Å². The number of rotatable bonds is 7. The number of hydrogen-bond acceptors (Lipinski definition) is 4. The lowest BCUT2D eigenvalue weighted by Crippen LogP contribution is -2.08. The quantitative estimate of drug-likeness (QED) is 0.373. The van der Waals surface area contributed by atoms with Gasteiger partial charge in [-0.3, -0.25) is 0 Å². The molecule has 0 radical (unpaired) electrons. The zero-order chi connectivity index (χ0) is 11.5. The van der Waals surface area contributed by atoms with Crippen molar-refractivity contribution in [2.45, 2.75) is 58.8 Å². The Hall–Kier alpha value is -1.06. The zero-order valence-electron chi connectivity index (χ0n) is 9.58. The molecule has 0 saturated carbocycles. The van der Waals surface area contributed by atoms with E-state index in [2.05, 4.69) is 16.7 Å². The van der Waals surface area contributed by atoms with E-state index < -0.39 is 11.9 Å². The fraction of sp³-hybridized carbons (Fsp3) is 0.818. The molecule has 0 heterocycles. The normalized spacial score (nSPS) is 9.73. The van der Waals surface area contributed by atoms with Gasteiger partial charge in [0, 0.05) is 6.92 Å². The van der Waals surface area contributed by atoms with Crippen molar-refractivity contribution in [3.05, 3.63) is 0 Å². The second-order valence-corrected chi connectivity index (χ2v) is 3.55. The molecular formula is C11H20O4. The second kappa shape index (κ2) is 9.49. The molecule has 0 saturated heterocycles. The van der Waals surface area contributed by atoms with Crippen LogP contribution in [0.5, 0.6) is 0 Å². The SMILES string of the molecule is CCCCCCCCC(=O)OOC(C)=O. The van der Waals surface area contributed by atoms with Crippen molar-refractivity contribution in [1.29, 1.82) is 0 Å². The summed E-state index contributed by atoms with van der Waals surface area (Å²) < 4.78 is 0. The van der Waals surface area contributed by atoms with Gasteiger partial charge in [0.05, 0.1) is 6.42 Å². The summed E-state index contributed by atoms with van der Waals surface area (Å²) >= 11 is 0. The van der Waals surface area contributed by atoms with Gasteiger partial charge >= 0.3 is 11.9 Å². The first-order valence-corrected chi connectivity index (χ1v) is 5.54. The van der Waals surface area contributed by atoms with E-state index in [1.807, 2.05) is 0 Å². The molecule has 0 unspecified atom stereocenters. The smallest absolute Gasteiger partial charge is 0.248 e. The Morgan fingerprint density at radius 2 is 1.53 bits per heavy atom. The predicted octanol–water partition coefficient (Wildman–Crippen LogP) is 2.76. The summed E-state index contributed by atoms with van der Waals surface area (Å²) in [6.07, 6.45) is 6.97. The molecule has 0 N–H and O–H groups in total. The van der Waals surface area contributed by atoms with Crippen molar-refractivity contribution in [1.82, 2.24) is 0 Å². The maximum atomic E-state index is 10.9. The number of unbranched alkanes of at least 4 members (excludes halogenated alkanes) is 5. The van der Waals surface area contributed by atoms with E-state index >= 15 is 0 Å². The van der Waals surface area contributed by atoms with Gasteiger partial charge in [0.2, 0.25) is 0 Å². The Balaban J connectivity index is 3.20. The third-order valence-electron chi connectivity index (χ3n) is 1.99. The summed E-state index contributed by atoms with van der Waals surface area (Å²) in [4.78, 5) is 29.6. The van der Waals surface area contributed by atoms with Gasteiger partial charge in [0.25, 0.3) is 0 Å². The molecule has 0 fully saturated rings. The summed E-state index contributed by atoms with van der Waals surface area (Å²) in [5.74, 6) is -1.08. The van der Waals surface area contributed by atoms with E-state index in [0.717, 1.165) is 19.3 Å². The van der Waals surface area contributed by atoms with Crippen LogP contribution >= 0.6 is 0 Å².